The Morgan fingerprint density at radius 1 is 1.00 bits per heavy atom. The zero-order valence-corrected chi connectivity index (χ0v) is 15.7. The Hall–Kier alpha value is -2.89. The van der Waals surface area contributed by atoms with Crippen molar-refractivity contribution in [1.82, 2.24) is 0 Å². The molecule has 0 aliphatic heterocycles. The number of aryl methyl sites for hydroxylation is 1. The molecule has 27 heavy (non-hydrogen) atoms. The lowest BCUT2D eigenvalue weighted by molar-refractivity contribution is 0.0693. The fourth-order valence-electron chi connectivity index (χ4n) is 2.89. The van der Waals surface area contributed by atoms with Crippen molar-refractivity contribution < 1.29 is 29.2 Å². The molecule has 2 rings (SSSR count). The van der Waals surface area contributed by atoms with E-state index in [1.54, 1.807) is 20.3 Å². The molecule has 0 fully saturated rings. The van der Waals surface area contributed by atoms with Crippen molar-refractivity contribution in [2.45, 2.75) is 32.1 Å². The van der Waals surface area contributed by atoms with Crippen LogP contribution in [0.3, 0.4) is 0 Å². The second-order valence-corrected chi connectivity index (χ2v) is 6.15. The molecule has 2 N–H and O–H groups in total. The number of ether oxygens (including phenoxy) is 3. The van der Waals surface area contributed by atoms with E-state index >= 15 is 0 Å². The van der Waals surface area contributed by atoms with Crippen LogP contribution in [0.4, 0.5) is 0 Å². The molecule has 0 aromatic heterocycles. The molecule has 0 unspecified atom stereocenters. The van der Waals surface area contributed by atoms with Gasteiger partial charge in [-0.2, -0.15) is 0 Å². The molecule has 2 aromatic rings. The Morgan fingerprint density at radius 2 is 1.78 bits per heavy atom. The van der Waals surface area contributed by atoms with Gasteiger partial charge in [0.15, 0.2) is 11.5 Å². The molecule has 146 valence electrons. The molecule has 2 aromatic carbocycles. The lowest BCUT2D eigenvalue weighted by Gasteiger charge is -2.12. The normalized spacial score (nSPS) is 10.4. The number of phenols is 1. The number of unbranched alkanes of at least 4 members (excludes halogenated alkanes) is 3. The Bertz CT molecular complexity index is 756. The summed E-state index contributed by atoms with van der Waals surface area (Å²) in [7, 11) is 3.29. The van der Waals surface area contributed by atoms with Gasteiger partial charge in [-0.05, 0) is 43.0 Å². The number of carboxylic acids is 1. The number of carboxylic acid groups (broad SMARTS) is 1. The maximum atomic E-state index is 10.9. The van der Waals surface area contributed by atoms with Gasteiger partial charge in [-0.15, -0.1) is 0 Å². The van der Waals surface area contributed by atoms with Crippen LogP contribution in [0.15, 0.2) is 36.4 Å². The van der Waals surface area contributed by atoms with Gasteiger partial charge >= 0.3 is 5.97 Å². The molecule has 0 bridgehead atoms. The molecule has 6 heteroatoms. The lowest BCUT2D eigenvalue weighted by Crippen LogP contribution is -2.00. The topological polar surface area (TPSA) is 85.2 Å². The average Bonchev–Trinajstić information content (AvgIpc) is 2.66. The van der Waals surface area contributed by atoms with Crippen molar-refractivity contribution in [2.24, 2.45) is 0 Å². The number of aromatic carboxylic acids is 1. The van der Waals surface area contributed by atoms with Gasteiger partial charge < -0.3 is 24.4 Å². The van der Waals surface area contributed by atoms with Crippen LogP contribution in [0.5, 0.6) is 23.0 Å². The standard InChI is InChI=1S/C21H26O6/c1-25-19-10-7-9-15(20(19)26-2)8-5-3-4-6-13-27-16-11-12-17(21(23)24)18(22)14-16/h7,9-12,14,22H,3-6,8,13H2,1-2H3,(H,23,24). The summed E-state index contributed by atoms with van der Waals surface area (Å²) in [5, 5.41) is 18.5. The van der Waals surface area contributed by atoms with Crippen molar-refractivity contribution >= 4 is 5.97 Å². The van der Waals surface area contributed by atoms with Gasteiger partial charge in [0.1, 0.15) is 17.1 Å². The van der Waals surface area contributed by atoms with Crippen LogP contribution in [0.25, 0.3) is 0 Å². The summed E-state index contributed by atoms with van der Waals surface area (Å²) in [4.78, 5) is 10.9. The van der Waals surface area contributed by atoms with Gasteiger partial charge in [0.05, 0.1) is 20.8 Å². The van der Waals surface area contributed by atoms with E-state index in [-0.39, 0.29) is 11.3 Å². The van der Waals surface area contributed by atoms with E-state index in [1.165, 1.54) is 12.1 Å². The molecule has 0 heterocycles. The first kappa shape index (κ1) is 20.4. The first-order chi connectivity index (χ1) is 13.1. The van der Waals surface area contributed by atoms with Crippen LogP contribution in [0.2, 0.25) is 0 Å². The van der Waals surface area contributed by atoms with Gasteiger partial charge in [-0.25, -0.2) is 4.79 Å². The Kier molecular flexibility index (Phi) is 7.79. The number of methoxy groups -OCH3 is 2. The summed E-state index contributed by atoms with van der Waals surface area (Å²) in [6.07, 6.45) is 4.93. The molecule has 0 spiro atoms. The van der Waals surface area contributed by atoms with Crippen molar-refractivity contribution in [1.29, 1.82) is 0 Å². The first-order valence-corrected chi connectivity index (χ1v) is 8.95. The lowest BCUT2D eigenvalue weighted by atomic mass is 10.0. The predicted molar refractivity (Wildman–Crippen MR) is 102 cm³/mol. The number of hydrogen-bond donors (Lipinski definition) is 2. The highest BCUT2D eigenvalue weighted by Gasteiger charge is 2.10. The molecule has 0 atom stereocenters. The third-order valence-corrected chi connectivity index (χ3v) is 4.29. The van der Waals surface area contributed by atoms with Crippen molar-refractivity contribution in [2.75, 3.05) is 20.8 Å². The zero-order valence-electron chi connectivity index (χ0n) is 15.7. The Labute approximate surface area is 159 Å². The number of rotatable bonds is 11. The SMILES string of the molecule is COc1cccc(CCCCCCOc2ccc(C(=O)O)c(O)c2)c1OC. The number of benzene rings is 2. The number of carbonyl (C=O) groups is 1. The molecule has 0 amide bonds. The van der Waals surface area contributed by atoms with Crippen LogP contribution in [0, 0.1) is 0 Å². The molecule has 6 nitrogen and oxygen atoms in total. The highest BCUT2D eigenvalue weighted by molar-refractivity contribution is 5.90. The van der Waals surface area contributed by atoms with E-state index in [2.05, 4.69) is 6.07 Å². The fraction of sp³-hybridized carbons (Fsp3) is 0.381. The molecule has 0 saturated heterocycles. The summed E-state index contributed by atoms with van der Waals surface area (Å²) in [6.45, 7) is 0.522. The molecular weight excluding hydrogens is 348 g/mol. The van der Waals surface area contributed by atoms with Gasteiger partial charge in [-0.3, -0.25) is 0 Å². The van der Waals surface area contributed by atoms with Crippen molar-refractivity contribution in [3.05, 3.63) is 47.5 Å². The van der Waals surface area contributed by atoms with Gasteiger partial charge in [0.2, 0.25) is 0 Å². The minimum Gasteiger partial charge on any atom is -0.507 e. The second-order valence-electron chi connectivity index (χ2n) is 6.15. The van der Waals surface area contributed by atoms with Gasteiger partial charge in [0, 0.05) is 6.07 Å². The van der Waals surface area contributed by atoms with Crippen LogP contribution in [-0.2, 0) is 6.42 Å². The third-order valence-electron chi connectivity index (χ3n) is 4.29. The summed E-state index contributed by atoms with van der Waals surface area (Å²) in [5.41, 5.74) is 1.01. The van der Waals surface area contributed by atoms with E-state index in [1.807, 2.05) is 12.1 Å². The Balaban J connectivity index is 1.68. The average molecular weight is 374 g/mol. The molecule has 0 radical (unpaired) electrons. The zero-order chi connectivity index (χ0) is 19.6. The Morgan fingerprint density at radius 3 is 2.44 bits per heavy atom. The van der Waals surface area contributed by atoms with E-state index in [0.29, 0.717) is 12.4 Å². The van der Waals surface area contributed by atoms with Crippen molar-refractivity contribution in [3.63, 3.8) is 0 Å². The fourth-order valence-corrected chi connectivity index (χ4v) is 2.89. The van der Waals surface area contributed by atoms with Crippen LogP contribution < -0.4 is 14.2 Å². The number of hydrogen-bond acceptors (Lipinski definition) is 5. The number of para-hydroxylation sites is 1. The number of aromatic hydroxyl groups is 1. The summed E-state index contributed by atoms with van der Waals surface area (Å²) in [6, 6.07) is 10.1. The van der Waals surface area contributed by atoms with Gasteiger partial charge in [-0.1, -0.05) is 25.0 Å². The third kappa shape index (κ3) is 5.81. The first-order valence-electron chi connectivity index (χ1n) is 8.95. The largest absolute Gasteiger partial charge is 0.507 e. The van der Waals surface area contributed by atoms with Crippen molar-refractivity contribution in [3.8, 4) is 23.0 Å². The molecule has 0 aliphatic rings. The van der Waals surface area contributed by atoms with Crippen LogP contribution in [-0.4, -0.2) is 37.0 Å². The van der Waals surface area contributed by atoms with E-state index < -0.39 is 5.97 Å². The van der Waals surface area contributed by atoms with Gasteiger partial charge in [0.25, 0.3) is 0 Å². The summed E-state index contributed by atoms with van der Waals surface area (Å²) < 4.78 is 16.3. The predicted octanol–water partition coefficient (Wildman–Crippen LogP) is 4.29. The van der Waals surface area contributed by atoms with Crippen LogP contribution in [0.1, 0.15) is 41.6 Å². The maximum Gasteiger partial charge on any atom is 0.339 e. The maximum absolute atomic E-state index is 10.9. The minimum absolute atomic E-state index is 0.129. The molecule has 0 saturated carbocycles. The minimum atomic E-state index is -1.16. The smallest absolute Gasteiger partial charge is 0.339 e. The van der Waals surface area contributed by atoms with Crippen LogP contribution >= 0.6 is 0 Å². The van der Waals surface area contributed by atoms with E-state index in [4.69, 9.17) is 19.3 Å². The highest BCUT2D eigenvalue weighted by atomic mass is 16.5. The monoisotopic (exact) mass is 374 g/mol. The second kappa shape index (κ2) is 10.3. The summed E-state index contributed by atoms with van der Waals surface area (Å²) >= 11 is 0. The highest BCUT2D eigenvalue weighted by Crippen LogP contribution is 2.31. The van der Waals surface area contributed by atoms with E-state index in [9.17, 15) is 9.90 Å². The van der Waals surface area contributed by atoms with E-state index in [0.717, 1.165) is 49.2 Å². The molecular formula is C21H26O6. The quantitative estimate of drug-likeness (QED) is 0.571. The molecule has 0 aliphatic carbocycles. The summed E-state index contributed by atoms with van der Waals surface area (Å²) in [5.74, 6) is 0.575.